The van der Waals surface area contributed by atoms with Crippen LogP contribution in [0.5, 0.6) is 5.75 Å². The third-order valence-corrected chi connectivity index (χ3v) is 9.18. The number of aromatic nitrogens is 4. The molecule has 196 valence electrons. The van der Waals surface area contributed by atoms with Crippen molar-refractivity contribution in [3.05, 3.63) is 47.7 Å². The fourth-order valence-corrected chi connectivity index (χ4v) is 6.27. The van der Waals surface area contributed by atoms with E-state index in [0.29, 0.717) is 41.6 Å². The maximum atomic E-state index is 13.9. The van der Waals surface area contributed by atoms with Crippen LogP contribution in [-0.4, -0.2) is 50.3 Å². The van der Waals surface area contributed by atoms with Gasteiger partial charge in [0, 0.05) is 42.0 Å². The maximum Gasteiger partial charge on any atom is 0.227 e. The molecule has 2 aromatic heterocycles. The molecule has 0 saturated heterocycles. The highest BCUT2D eigenvalue weighted by Gasteiger charge is 2.69. The molecule has 2 aliphatic rings. The van der Waals surface area contributed by atoms with Crippen molar-refractivity contribution in [2.75, 3.05) is 13.7 Å². The number of halogens is 1. The highest BCUT2D eigenvalue weighted by molar-refractivity contribution is 6.32. The molecule has 2 saturated carbocycles. The summed E-state index contributed by atoms with van der Waals surface area (Å²) < 4.78 is 7.25. The van der Waals surface area contributed by atoms with Crippen LogP contribution in [0, 0.1) is 16.7 Å². The first-order valence-corrected chi connectivity index (χ1v) is 13.5. The SMILES string of the molecule is COc1ccc(-c2nc(-c3ccncc3)nn2CCN(C(=O)C2C(C)(C)C2(C)C)C2CCCC2)cc1Cl. The Morgan fingerprint density at radius 3 is 2.35 bits per heavy atom. The molecule has 2 heterocycles. The van der Waals surface area contributed by atoms with Crippen molar-refractivity contribution < 1.29 is 9.53 Å². The Hall–Kier alpha value is -2.93. The predicted octanol–water partition coefficient (Wildman–Crippen LogP) is 6.12. The van der Waals surface area contributed by atoms with Gasteiger partial charge in [0.1, 0.15) is 5.75 Å². The number of rotatable bonds is 8. The molecule has 37 heavy (non-hydrogen) atoms. The van der Waals surface area contributed by atoms with E-state index in [1.165, 1.54) is 12.8 Å². The Morgan fingerprint density at radius 2 is 1.76 bits per heavy atom. The van der Waals surface area contributed by atoms with Crippen LogP contribution < -0.4 is 4.74 Å². The molecule has 2 fully saturated rings. The quantitative estimate of drug-likeness (QED) is 0.357. The molecule has 3 aromatic rings. The van der Waals surface area contributed by atoms with Gasteiger partial charge in [-0.3, -0.25) is 9.78 Å². The van der Waals surface area contributed by atoms with Gasteiger partial charge in [0.05, 0.1) is 18.7 Å². The Balaban J connectivity index is 1.47. The number of carbonyl (C=O) groups excluding carboxylic acids is 1. The number of pyridine rings is 1. The summed E-state index contributed by atoms with van der Waals surface area (Å²) in [5, 5.41) is 5.38. The second kappa shape index (κ2) is 9.75. The number of hydrogen-bond donors (Lipinski definition) is 0. The number of nitrogens with zero attached hydrogens (tertiary/aromatic N) is 5. The van der Waals surface area contributed by atoms with Crippen molar-refractivity contribution in [3.8, 4) is 28.5 Å². The molecule has 0 atom stereocenters. The number of hydrogen-bond acceptors (Lipinski definition) is 5. The minimum atomic E-state index is 0.00765. The minimum Gasteiger partial charge on any atom is -0.495 e. The summed E-state index contributed by atoms with van der Waals surface area (Å²) in [6, 6.07) is 9.73. The summed E-state index contributed by atoms with van der Waals surface area (Å²) in [4.78, 5) is 25.0. The number of methoxy groups -OCH3 is 1. The number of carbonyl (C=O) groups is 1. The second-order valence-corrected chi connectivity index (χ2v) is 11.8. The summed E-state index contributed by atoms with van der Waals surface area (Å²) in [6.07, 6.45) is 7.97. The lowest BCUT2D eigenvalue weighted by Crippen LogP contribution is -2.43. The van der Waals surface area contributed by atoms with Gasteiger partial charge in [0.2, 0.25) is 5.91 Å². The molecule has 0 bridgehead atoms. The number of ether oxygens (including phenoxy) is 1. The van der Waals surface area contributed by atoms with Crippen molar-refractivity contribution in [2.24, 2.45) is 16.7 Å². The molecule has 0 unspecified atom stereocenters. The van der Waals surface area contributed by atoms with Crippen LogP contribution >= 0.6 is 11.6 Å². The Bertz CT molecular complexity index is 1270. The molecule has 8 heteroatoms. The zero-order chi connectivity index (χ0) is 26.4. The van der Waals surface area contributed by atoms with Crippen molar-refractivity contribution in [2.45, 2.75) is 66.0 Å². The average Bonchev–Trinajstić information content (AvgIpc) is 3.38. The van der Waals surface area contributed by atoms with Gasteiger partial charge in [0.15, 0.2) is 11.6 Å². The van der Waals surface area contributed by atoms with Crippen LogP contribution in [0.15, 0.2) is 42.7 Å². The van der Waals surface area contributed by atoms with Crippen LogP contribution in [0.3, 0.4) is 0 Å². The lowest BCUT2D eigenvalue weighted by atomic mass is 10.0. The monoisotopic (exact) mass is 521 g/mol. The number of amides is 1. The van der Waals surface area contributed by atoms with Gasteiger partial charge >= 0.3 is 0 Å². The van der Waals surface area contributed by atoms with Crippen molar-refractivity contribution >= 4 is 17.5 Å². The molecule has 0 aliphatic heterocycles. The molecule has 7 nitrogen and oxygen atoms in total. The fraction of sp³-hybridized carbons (Fsp3) is 0.517. The smallest absolute Gasteiger partial charge is 0.227 e. The van der Waals surface area contributed by atoms with Gasteiger partial charge in [-0.25, -0.2) is 9.67 Å². The standard InChI is InChI=1S/C29H36ClN5O2/c1-28(2)24(29(28,3)4)27(36)34(21-8-6-7-9-21)16-17-35-26(20-10-11-23(37-5)22(30)18-20)32-25(33-35)19-12-14-31-15-13-19/h10-15,18,21,24H,6-9,16-17H2,1-5H3. The van der Waals surface area contributed by atoms with Crippen molar-refractivity contribution in [1.82, 2.24) is 24.6 Å². The van der Waals surface area contributed by atoms with E-state index >= 15 is 0 Å². The topological polar surface area (TPSA) is 73.1 Å². The lowest BCUT2D eigenvalue weighted by Gasteiger charge is -2.30. The summed E-state index contributed by atoms with van der Waals surface area (Å²) >= 11 is 6.46. The van der Waals surface area contributed by atoms with Crippen LogP contribution in [0.4, 0.5) is 0 Å². The second-order valence-electron chi connectivity index (χ2n) is 11.4. The molecule has 1 aromatic carbocycles. The molecule has 0 N–H and O–H groups in total. The molecule has 0 spiro atoms. The van der Waals surface area contributed by atoms with Gasteiger partial charge in [-0.05, 0) is 54.0 Å². The summed E-state index contributed by atoms with van der Waals surface area (Å²) in [7, 11) is 1.60. The van der Waals surface area contributed by atoms with Gasteiger partial charge < -0.3 is 9.64 Å². The van der Waals surface area contributed by atoms with E-state index in [1.807, 2.05) is 35.0 Å². The lowest BCUT2D eigenvalue weighted by molar-refractivity contribution is -0.136. The first kappa shape index (κ1) is 25.7. The average molecular weight is 522 g/mol. The fourth-order valence-electron chi connectivity index (χ4n) is 6.01. The van der Waals surface area contributed by atoms with Crippen molar-refractivity contribution in [1.29, 1.82) is 0 Å². The first-order valence-electron chi connectivity index (χ1n) is 13.1. The summed E-state index contributed by atoms with van der Waals surface area (Å²) in [6.45, 7) is 10.0. The van der Waals surface area contributed by atoms with E-state index < -0.39 is 0 Å². The van der Waals surface area contributed by atoms with Gasteiger partial charge in [-0.2, -0.15) is 5.10 Å². The Kier molecular flexibility index (Phi) is 6.77. The predicted molar refractivity (Wildman–Crippen MR) is 145 cm³/mol. The third-order valence-electron chi connectivity index (χ3n) is 8.89. The Morgan fingerprint density at radius 1 is 1.08 bits per heavy atom. The largest absolute Gasteiger partial charge is 0.495 e. The van der Waals surface area contributed by atoms with E-state index in [0.717, 1.165) is 24.0 Å². The highest BCUT2D eigenvalue weighted by Crippen LogP contribution is 2.69. The minimum absolute atomic E-state index is 0.00765. The molecule has 2 aliphatic carbocycles. The molecular weight excluding hydrogens is 486 g/mol. The molecule has 0 radical (unpaired) electrons. The molecule has 5 rings (SSSR count). The van der Waals surface area contributed by atoms with Crippen LogP contribution in [0.2, 0.25) is 5.02 Å². The summed E-state index contributed by atoms with van der Waals surface area (Å²) in [5.41, 5.74) is 1.75. The third kappa shape index (κ3) is 4.63. The van der Waals surface area contributed by atoms with Gasteiger partial charge in [-0.1, -0.05) is 52.1 Å². The normalized spacial score (nSPS) is 18.6. The van der Waals surface area contributed by atoms with Crippen LogP contribution in [0.25, 0.3) is 22.8 Å². The van der Waals surface area contributed by atoms with Crippen molar-refractivity contribution in [3.63, 3.8) is 0 Å². The zero-order valence-corrected chi connectivity index (χ0v) is 23.1. The summed E-state index contributed by atoms with van der Waals surface area (Å²) in [5.74, 6) is 2.27. The maximum absolute atomic E-state index is 13.9. The van der Waals surface area contributed by atoms with Gasteiger partial charge in [-0.15, -0.1) is 0 Å². The van der Waals surface area contributed by atoms with E-state index in [2.05, 4.69) is 37.6 Å². The highest BCUT2D eigenvalue weighted by atomic mass is 35.5. The molecule has 1 amide bonds. The van der Waals surface area contributed by atoms with Crippen LogP contribution in [0.1, 0.15) is 53.4 Å². The zero-order valence-electron chi connectivity index (χ0n) is 22.4. The number of benzene rings is 1. The van der Waals surface area contributed by atoms with E-state index in [1.54, 1.807) is 19.5 Å². The van der Waals surface area contributed by atoms with Crippen LogP contribution in [-0.2, 0) is 11.3 Å². The Labute approximate surface area is 224 Å². The van der Waals surface area contributed by atoms with Gasteiger partial charge in [0.25, 0.3) is 0 Å². The first-order chi connectivity index (χ1) is 17.6. The van der Waals surface area contributed by atoms with E-state index in [4.69, 9.17) is 26.4 Å². The van der Waals surface area contributed by atoms with E-state index in [-0.39, 0.29) is 22.7 Å². The molecular formula is C29H36ClN5O2. The van der Waals surface area contributed by atoms with E-state index in [9.17, 15) is 4.79 Å².